The van der Waals surface area contributed by atoms with Crippen molar-refractivity contribution in [2.75, 3.05) is 19.6 Å². The molecular weight excluding hydrogens is 418 g/mol. The van der Waals surface area contributed by atoms with Gasteiger partial charge in [0.2, 0.25) is 0 Å². The minimum atomic E-state index is 0.447. The summed E-state index contributed by atoms with van der Waals surface area (Å²) in [7, 11) is 0. The fraction of sp³-hybridized carbons (Fsp3) is 0.550. The van der Waals surface area contributed by atoms with Crippen LogP contribution in [0.5, 0.6) is 0 Å². The van der Waals surface area contributed by atoms with Crippen molar-refractivity contribution in [1.29, 1.82) is 0 Å². The Bertz CT molecular complexity index is 748. The zero-order chi connectivity index (χ0) is 19.8. The van der Waals surface area contributed by atoms with Crippen LogP contribution in [0.3, 0.4) is 0 Å². The molecule has 0 atom stereocenters. The number of benzene rings is 1. The first-order valence-electron chi connectivity index (χ1n) is 10.1. The molecule has 2 heterocycles. The van der Waals surface area contributed by atoms with Gasteiger partial charge >= 0.3 is 0 Å². The fourth-order valence-electron chi connectivity index (χ4n) is 3.41. The highest BCUT2D eigenvalue weighted by Crippen LogP contribution is 2.16. The number of aryl methyl sites for hydroxylation is 1. The number of aromatic nitrogens is 3. The maximum Gasteiger partial charge on any atom is 0.191 e. The van der Waals surface area contributed by atoms with E-state index in [4.69, 9.17) is 4.99 Å². The third-order valence-corrected chi connectivity index (χ3v) is 5.54. The minimum absolute atomic E-state index is 0.447. The van der Waals surface area contributed by atoms with Gasteiger partial charge in [-0.25, -0.2) is 4.99 Å². The maximum absolute atomic E-state index is 4.71. The van der Waals surface area contributed by atoms with Crippen molar-refractivity contribution in [2.24, 2.45) is 4.99 Å². The highest BCUT2D eigenvalue weighted by molar-refractivity contribution is 9.10. The average Bonchev–Trinajstić information content (AvgIpc) is 3.17. The molecule has 8 heteroatoms. The Morgan fingerprint density at radius 3 is 2.64 bits per heavy atom. The van der Waals surface area contributed by atoms with Gasteiger partial charge in [0.25, 0.3) is 0 Å². The third-order valence-electron chi connectivity index (χ3n) is 5.01. The summed E-state index contributed by atoms with van der Waals surface area (Å²) in [4.78, 5) is 7.23. The number of likely N-dealkylation sites (tertiary alicyclic amines) is 1. The van der Waals surface area contributed by atoms with Crippen LogP contribution in [0.25, 0.3) is 0 Å². The number of halogens is 1. The molecule has 1 saturated heterocycles. The van der Waals surface area contributed by atoms with Crippen molar-refractivity contribution >= 4 is 21.9 Å². The molecule has 7 nitrogen and oxygen atoms in total. The zero-order valence-electron chi connectivity index (χ0n) is 16.7. The molecule has 0 bridgehead atoms. The average molecular weight is 448 g/mol. The summed E-state index contributed by atoms with van der Waals surface area (Å²) in [5, 5.41) is 15.1. The zero-order valence-corrected chi connectivity index (χ0v) is 18.3. The van der Waals surface area contributed by atoms with Gasteiger partial charge in [0.05, 0.1) is 0 Å². The minimum Gasteiger partial charge on any atom is -0.357 e. The Kier molecular flexibility index (Phi) is 7.85. The summed E-state index contributed by atoms with van der Waals surface area (Å²) in [6.07, 6.45) is 3.99. The molecule has 0 aliphatic carbocycles. The summed E-state index contributed by atoms with van der Waals surface area (Å²) < 4.78 is 3.15. The molecule has 1 aromatic carbocycles. The topological polar surface area (TPSA) is 70.4 Å². The lowest BCUT2D eigenvalue weighted by atomic mass is 10.0. The number of nitrogens with one attached hydrogen (secondary N) is 2. The van der Waals surface area contributed by atoms with E-state index in [1.807, 2.05) is 4.57 Å². The van der Waals surface area contributed by atoms with Crippen molar-refractivity contribution in [1.82, 2.24) is 30.3 Å². The van der Waals surface area contributed by atoms with Crippen LogP contribution in [0.1, 0.15) is 38.1 Å². The van der Waals surface area contributed by atoms with E-state index in [-0.39, 0.29) is 0 Å². The number of nitrogens with zero attached hydrogens (tertiary/aromatic N) is 5. The molecule has 0 radical (unpaired) electrons. The molecule has 0 unspecified atom stereocenters. The second-order valence-corrected chi connectivity index (χ2v) is 7.97. The molecule has 2 aromatic rings. The van der Waals surface area contributed by atoms with Crippen molar-refractivity contribution in [2.45, 2.75) is 52.4 Å². The maximum atomic E-state index is 4.71. The van der Waals surface area contributed by atoms with Crippen LogP contribution in [0.2, 0.25) is 0 Å². The molecule has 3 rings (SSSR count). The Hall–Kier alpha value is -1.93. The first-order chi connectivity index (χ1) is 13.7. The van der Waals surface area contributed by atoms with Crippen molar-refractivity contribution in [3.05, 3.63) is 46.5 Å². The Labute approximate surface area is 175 Å². The molecule has 0 spiro atoms. The van der Waals surface area contributed by atoms with Crippen LogP contribution in [0.15, 0.2) is 40.1 Å². The number of hydrogen-bond donors (Lipinski definition) is 2. The number of aliphatic imine (C=N–C) groups is 1. The summed E-state index contributed by atoms with van der Waals surface area (Å²) in [6, 6.07) is 9.06. The van der Waals surface area contributed by atoms with Crippen LogP contribution >= 0.6 is 15.9 Å². The smallest absolute Gasteiger partial charge is 0.191 e. The van der Waals surface area contributed by atoms with Crippen molar-refractivity contribution in [3.8, 4) is 0 Å². The summed E-state index contributed by atoms with van der Waals surface area (Å²) in [5.41, 5.74) is 1.37. The predicted octanol–water partition coefficient (Wildman–Crippen LogP) is 2.78. The third kappa shape index (κ3) is 6.04. The Morgan fingerprint density at radius 2 is 1.96 bits per heavy atom. The number of hydrogen-bond acceptors (Lipinski definition) is 4. The van der Waals surface area contributed by atoms with Crippen LogP contribution in [-0.2, 0) is 19.6 Å². The van der Waals surface area contributed by atoms with Gasteiger partial charge in [-0.15, -0.1) is 10.2 Å². The largest absolute Gasteiger partial charge is 0.357 e. The first kappa shape index (κ1) is 20.8. The highest BCUT2D eigenvalue weighted by Gasteiger charge is 2.20. The van der Waals surface area contributed by atoms with Gasteiger partial charge < -0.3 is 15.2 Å². The highest BCUT2D eigenvalue weighted by atomic mass is 79.9. The van der Waals surface area contributed by atoms with Gasteiger partial charge in [0, 0.05) is 43.2 Å². The van der Waals surface area contributed by atoms with Gasteiger partial charge in [-0.05, 0) is 44.4 Å². The van der Waals surface area contributed by atoms with E-state index < -0.39 is 0 Å². The second kappa shape index (κ2) is 10.6. The predicted molar refractivity (Wildman–Crippen MR) is 116 cm³/mol. The van der Waals surface area contributed by atoms with Crippen molar-refractivity contribution < 1.29 is 0 Å². The van der Waals surface area contributed by atoms with E-state index in [1.54, 1.807) is 6.33 Å². The molecule has 1 aromatic heterocycles. The standard InChI is InChI=1S/C20H30BrN7/c1-3-22-20(23-13-19-26-24-15-28(19)4-2)25-18-9-11-27(12-10-18)14-16-5-7-17(21)8-6-16/h5-8,15,18H,3-4,9-14H2,1-2H3,(H2,22,23,25). The lowest BCUT2D eigenvalue weighted by Gasteiger charge is -2.33. The quantitative estimate of drug-likeness (QED) is 0.504. The summed E-state index contributed by atoms with van der Waals surface area (Å²) >= 11 is 3.50. The van der Waals surface area contributed by atoms with E-state index in [2.05, 4.69) is 79.8 Å². The molecule has 1 fully saturated rings. The van der Waals surface area contributed by atoms with Crippen molar-refractivity contribution in [3.63, 3.8) is 0 Å². The Morgan fingerprint density at radius 1 is 1.21 bits per heavy atom. The molecule has 0 amide bonds. The SMILES string of the molecule is CCNC(=NCc1nncn1CC)NC1CCN(Cc2ccc(Br)cc2)CC1. The second-order valence-electron chi connectivity index (χ2n) is 7.05. The van der Waals surface area contributed by atoms with Crippen LogP contribution in [-0.4, -0.2) is 51.3 Å². The summed E-state index contributed by atoms with van der Waals surface area (Å²) in [5.74, 6) is 1.75. The normalized spacial score (nSPS) is 16.3. The molecule has 1 aliphatic rings. The summed E-state index contributed by atoms with van der Waals surface area (Å²) in [6.45, 7) is 9.61. The lowest BCUT2D eigenvalue weighted by molar-refractivity contribution is 0.198. The van der Waals surface area contributed by atoms with Gasteiger partial charge in [0.15, 0.2) is 11.8 Å². The van der Waals surface area contributed by atoms with Crippen LogP contribution in [0.4, 0.5) is 0 Å². The van der Waals surface area contributed by atoms with Gasteiger partial charge in [-0.1, -0.05) is 28.1 Å². The fourth-order valence-corrected chi connectivity index (χ4v) is 3.68. The Balaban J connectivity index is 1.49. The van der Waals surface area contributed by atoms with Gasteiger partial charge in [0.1, 0.15) is 12.9 Å². The van der Waals surface area contributed by atoms with Gasteiger partial charge in [-0.3, -0.25) is 4.90 Å². The molecule has 0 saturated carbocycles. The van der Waals surface area contributed by atoms with E-state index in [1.165, 1.54) is 5.56 Å². The number of guanidine groups is 1. The van der Waals surface area contributed by atoms with E-state index in [0.29, 0.717) is 12.6 Å². The van der Waals surface area contributed by atoms with E-state index in [0.717, 1.165) is 61.8 Å². The number of piperidine rings is 1. The molecule has 152 valence electrons. The first-order valence-corrected chi connectivity index (χ1v) is 10.9. The molecule has 1 aliphatic heterocycles. The lowest BCUT2D eigenvalue weighted by Crippen LogP contribution is -2.48. The molecular formula is C20H30BrN7. The number of rotatable bonds is 7. The van der Waals surface area contributed by atoms with Crippen LogP contribution in [0, 0.1) is 0 Å². The van der Waals surface area contributed by atoms with E-state index >= 15 is 0 Å². The molecule has 2 N–H and O–H groups in total. The monoisotopic (exact) mass is 447 g/mol. The van der Waals surface area contributed by atoms with E-state index in [9.17, 15) is 0 Å². The molecule has 28 heavy (non-hydrogen) atoms. The van der Waals surface area contributed by atoms with Gasteiger partial charge in [-0.2, -0.15) is 0 Å². The van der Waals surface area contributed by atoms with Crippen LogP contribution < -0.4 is 10.6 Å².